The molecular weight excluding hydrogens is 362 g/mol. The maximum atomic E-state index is 13.1. The molecule has 2 heterocycles. The number of benzene rings is 2. The van der Waals surface area contributed by atoms with E-state index in [1.54, 1.807) is 12.1 Å². The van der Waals surface area contributed by atoms with Crippen LogP contribution in [0.15, 0.2) is 42.5 Å². The summed E-state index contributed by atoms with van der Waals surface area (Å²) < 4.78 is 2.15. The van der Waals surface area contributed by atoms with Crippen LogP contribution in [0.2, 0.25) is 5.02 Å². The fourth-order valence-corrected chi connectivity index (χ4v) is 3.80. The first kappa shape index (κ1) is 17.8. The molecule has 0 saturated carbocycles. The highest BCUT2D eigenvalue weighted by molar-refractivity contribution is 6.48. The lowest BCUT2D eigenvalue weighted by Gasteiger charge is -2.08. The summed E-state index contributed by atoms with van der Waals surface area (Å²) in [5.74, 6) is -1.16. The minimum absolute atomic E-state index is 0.505. The minimum atomic E-state index is -0.647. The van der Waals surface area contributed by atoms with Crippen molar-refractivity contribution in [3.63, 3.8) is 0 Å². The molecule has 0 unspecified atom stereocenters. The number of Topliss-reactive ketones (excluding diaryl/α,β-unsaturated/α-hetero) is 1. The van der Waals surface area contributed by atoms with Gasteiger partial charge in [0.2, 0.25) is 0 Å². The monoisotopic (exact) mass is 381 g/mol. The van der Waals surface area contributed by atoms with Crippen molar-refractivity contribution in [2.24, 2.45) is 0 Å². The van der Waals surface area contributed by atoms with E-state index in [9.17, 15) is 9.59 Å². The molecule has 0 atom stereocenters. The number of halogens is 1. The molecule has 5 nitrogen and oxygen atoms in total. The summed E-state index contributed by atoms with van der Waals surface area (Å²) >= 11 is 6.12. The molecule has 138 valence electrons. The fourth-order valence-electron chi connectivity index (χ4n) is 3.62. The van der Waals surface area contributed by atoms with E-state index >= 15 is 0 Å². The van der Waals surface area contributed by atoms with Crippen LogP contribution in [0.3, 0.4) is 0 Å². The number of para-hydroxylation sites is 1. The molecule has 4 rings (SSSR count). The molecular formula is C21H20ClN3O2. The zero-order valence-electron chi connectivity index (χ0n) is 15.0. The zero-order chi connectivity index (χ0) is 19.0. The number of fused-ring (bicyclic) bond motifs is 3. The van der Waals surface area contributed by atoms with E-state index in [1.165, 1.54) is 0 Å². The van der Waals surface area contributed by atoms with Gasteiger partial charge in [-0.05, 0) is 30.7 Å². The number of nitrogens with one attached hydrogen (secondary N) is 2. The average Bonchev–Trinajstić information content (AvgIpc) is 2.80. The molecule has 2 aromatic carbocycles. The normalized spacial score (nSPS) is 13.9. The second kappa shape index (κ2) is 7.18. The summed E-state index contributed by atoms with van der Waals surface area (Å²) in [5.41, 5.74) is 3.84. The second-order valence-corrected chi connectivity index (χ2v) is 7.14. The third kappa shape index (κ3) is 3.24. The smallest absolute Gasteiger partial charge is 0.296 e. The Morgan fingerprint density at radius 1 is 1.15 bits per heavy atom. The molecule has 0 fully saturated rings. The van der Waals surface area contributed by atoms with Gasteiger partial charge in [-0.3, -0.25) is 9.59 Å². The predicted molar refractivity (Wildman–Crippen MR) is 108 cm³/mol. The van der Waals surface area contributed by atoms with Crippen LogP contribution in [0.25, 0.3) is 10.9 Å². The van der Waals surface area contributed by atoms with Gasteiger partial charge in [0.25, 0.3) is 11.7 Å². The standard InChI is InChI=1S/C21H20ClN3O2/c1-13-6-7-14(12-16(13)22)24-21(27)20(26)19-15-4-2-3-5-17(15)25-11-10-23-9-8-18(19)25/h2-7,12,23H,8-11H2,1H3,(H,24,27). The molecule has 2 N–H and O–H groups in total. The summed E-state index contributed by atoms with van der Waals surface area (Å²) in [6.07, 6.45) is 0.708. The van der Waals surface area contributed by atoms with Crippen molar-refractivity contribution >= 4 is 39.9 Å². The third-order valence-corrected chi connectivity index (χ3v) is 5.40. The van der Waals surface area contributed by atoms with E-state index in [1.807, 2.05) is 37.3 Å². The van der Waals surface area contributed by atoms with Gasteiger partial charge in [-0.1, -0.05) is 35.9 Å². The van der Waals surface area contributed by atoms with Gasteiger partial charge in [0, 0.05) is 53.4 Å². The Morgan fingerprint density at radius 2 is 1.96 bits per heavy atom. The fraction of sp³-hybridized carbons (Fsp3) is 0.238. The zero-order valence-corrected chi connectivity index (χ0v) is 15.8. The lowest BCUT2D eigenvalue weighted by atomic mass is 10.0. The van der Waals surface area contributed by atoms with Crippen molar-refractivity contribution in [1.29, 1.82) is 0 Å². The Kier molecular flexibility index (Phi) is 4.72. The first-order valence-corrected chi connectivity index (χ1v) is 9.36. The van der Waals surface area contributed by atoms with Crippen LogP contribution in [0.4, 0.5) is 5.69 Å². The van der Waals surface area contributed by atoms with Crippen LogP contribution in [-0.4, -0.2) is 29.3 Å². The quantitative estimate of drug-likeness (QED) is 0.538. The van der Waals surface area contributed by atoms with Gasteiger partial charge >= 0.3 is 0 Å². The second-order valence-electron chi connectivity index (χ2n) is 6.74. The van der Waals surface area contributed by atoms with Gasteiger partial charge in [-0.2, -0.15) is 0 Å². The largest absolute Gasteiger partial charge is 0.343 e. The average molecular weight is 382 g/mol. The van der Waals surface area contributed by atoms with E-state index in [4.69, 9.17) is 11.6 Å². The van der Waals surface area contributed by atoms with Gasteiger partial charge in [-0.15, -0.1) is 0 Å². The Bertz CT molecular complexity index is 1060. The van der Waals surface area contributed by atoms with Gasteiger partial charge in [0.15, 0.2) is 0 Å². The van der Waals surface area contributed by atoms with Crippen molar-refractivity contribution in [2.45, 2.75) is 19.9 Å². The number of hydrogen-bond acceptors (Lipinski definition) is 3. The molecule has 0 spiro atoms. The summed E-state index contributed by atoms with van der Waals surface area (Å²) in [5, 5.41) is 7.41. The molecule has 1 amide bonds. The van der Waals surface area contributed by atoms with E-state index in [0.29, 0.717) is 22.7 Å². The molecule has 0 aliphatic carbocycles. The van der Waals surface area contributed by atoms with Crippen molar-refractivity contribution in [3.8, 4) is 0 Å². The summed E-state index contributed by atoms with van der Waals surface area (Å²) in [4.78, 5) is 25.8. The molecule has 1 aliphatic heterocycles. The first-order valence-electron chi connectivity index (χ1n) is 8.99. The van der Waals surface area contributed by atoms with Gasteiger partial charge in [0.1, 0.15) is 0 Å². The van der Waals surface area contributed by atoms with Gasteiger partial charge in [-0.25, -0.2) is 0 Å². The highest BCUT2D eigenvalue weighted by atomic mass is 35.5. The number of ketones is 1. The molecule has 1 aliphatic rings. The number of rotatable bonds is 3. The lowest BCUT2D eigenvalue weighted by molar-refractivity contribution is -0.112. The number of aromatic nitrogens is 1. The number of hydrogen-bond donors (Lipinski definition) is 2. The van der Waals surface area contributed by atoms with Gasteiger partial charge in [0.05, 0.1) is 5.56 Å². The van der Waals surface area contributed by atoms with E-state index in [0.717, 1.165) is 41.8 Å². The van der Waals surface area contributed by atoms with E-state index in [-0.39, 0.29) is 0 Å². The van der Waals surface area contributed by atoms with Crippen LogP contribution in [0.1, 0.15) is 21.6 Å². The van der Waals surface area contributed by atoms with Gasteiger partial charge < -0.3 is 15.2 Å². The van der Waals surface area contributed by atoms with Crippen LogP contribution >= 0.6 is 11.6 Å². The van der Waals surface area contributed by atoms with Crippen molar-refractivity contribution in [1.82, 2.24) is 9.88 Å². The van der Waals surface area contributed by atoms with Crippen molar-refractivity contribution < 1.29 is 9.59 Å². The van der Waals surface area contributed by atoms with E-state index in [2.05, 4.69) is 15.2 Å². The predicted octanol–water partition coefficient (Wildman–Crippen LogP) is 3.57. The molecule has 3 aromatic rings. The Balaban J connectivity index is 1.72. The van der Waals surface area contributed by atoms with Crippen molar-refractivity contribution in [3.05, 3.63) is 64.3 Å². The number of anilines is 1. The van der Waals surface area contributed by atoms with E-state index < -0.39 is 11.7 Å². The Hall–Kier alpha value is -2.63. The Labute approximate surface area is 162 Å². The molecule has 0 saturated heterocycles. The number of carbonyl (C=O) groups is 2. The SMILES string of the molecule is Cc1ccc(NC(=O)C(=O)c2c3n(c4ccccc24)CCNCC3)cc1Cl. The topological polar surface area (TPSA) is 63.1 Å². The maximum Gasteiger partial charge on any atom is 0.296 e. The maximum absolute atomic E-state index is 13.1. The lowest BCUT2D eigenvalue weighted by Crippen LogP contribution is -2.24. The van der Waals surface area contributed by atoms with Crippen LogP contribution in [0.5, 0.6) is 0 Å². The summed E-state index contributed by atoms with van der Waals surface area (Å²) in [6, 6.07) is 13.0. The van der Waals surface area contributed by atoms with Crippen LogP contribution in [-0.2, 0) is 17.8 Å². The molecule has 0 bridgehead atoms. The summed E-state index contributed by atoms with van der Waals surface area (Å²) in [6.45, 7) is 4.28. The minimum Gasteiger partial charge on any atom is -0.343 e. The molecule has 1 aromatic heterocycles. The highest BCUT2D eigenvalue weighted by Gasteiger charge is 2.27. The van der Waals surface area contributed by atoms with Crippen LogP contribution in [0, 0.1) is 6.92 Å². The number of carbonyl (C=O) groups excluding carboxylic acids is 2. The first-order chi connectivity index (χ1) is 13.1. The molecule has 27 heavy (non-hydrogen) atoms. The number of aryl methyl sites for hydroxylation is 1. The summed E-state index contributed by atoms with van der Waals surface area (Å²) in [7, 11) is 0. The number of nitrogens with zero attached hydrogens (tertiary/aromatic N) is 1. The van der Waals surface area contributed by atoms with Crippen molar-refractivity contribution in [2.75, 3.05) is 18.4 Å². The third-order valence-electron chi connectivity index (χ3n) is 4.99. The number of amides is 1. The molecule has 6 heteroatoms. The molecule has 0 radical (unpaired) electrons. The highest BCUT2D eigenvalue weighted by Crippen LogP contribution is 2.28. The van der Waals surface area contributed by atoms with Crippen LogP contribution < -0.4 is 10.6 Å². The Morgan fingerprint density at radius 3 is 2.78 bits per heavy atom.